The molecule has 0 amide bonds. The van der Waals surface area contributed by atoms with E-state index < -0.39 is 12.0 Å². The Balaban J connectivity index is 2.46. The Labute approximate surface area is 83.1 Å². The van der Waals surface area contributed by atoms with Gasteiger partial charge in [0.2, 0.25) is 0 Å². The Morgan fingerprint density at radius 2 is 2.07 bits per heavy atom. The van der Waals surface area contributed by atoms with E-state index in [9.17, 15) is 4.79 Å². The Morgan fingerprint density at radius 1 is 1.43 bits per heavy atom. The molecule has 0 aromatic heterocycles. The van der Waals surface area contributed by atoms with Crippen molar-refractivity contribution in [2.24, 2.45) is 0 Å². The zero-order valence-electron chi connectivity index (χ0n) is 7.97. The van der Waals surface area contributed by atoms with Crippen molar-refractivity contribution < 1.29 is 9.90 Å². The molecule has 14 heavy (non-hydrogen) atoms. The van der Waals surface area contributed by atoms with Crippen LogP contribution in [0.2, 0.25) is 0 Å². The molecule has 0 unspecified atom stereocenters. The summed E-state index contributed by atoms with van der Waals surface area (Å²) >= 11 is 0. The smallest absolute Gasteiger partial charge is 0.325 e. The minimum atomic E-state index is -0.859. The van der Waals surface area contributed by atoms with Gasteiger partial charge in [0.25, 0.3) is 0 Å². The van der Waals surface area contributed by atoms with Crippen LogP contribution < -0.4 is 5.32 Å². The number of rotatable bonds is 4. The van der Waals surface area contributed by atoms with E-state index in [1.54, 1.807) is 13.1 Å². The van der Waals surface area contributed by atoms with E-state index in [-0.39, 0.29) is 0 Å². The number of carboxylic acids is 1. The van der Waals surface area contributed by atoms with Crippen molar-refractivity contribution in [1.29, 1.82) is 0 Å². The molecule has 0 heterocycles. The molecule has 0 saturated carbocycles. The first kappa shape index (κ1) is 10.3. The van der Waals surface area contributed by atoms with Gasteiger partial charge in [-0.15, -0.1) is 0 Å². The lowest BCUT2D eigenvalue weighted by molar-refractivity contribution is -0.138. The van der Waals surface area contributed by atoms with Crippen molar-refractivity contribution in [2.45, 2.75) is 13.0 Å². The van der Waals surface area contributed by atoms with Crippen LogP contribution in [0.25, 0.3) is 6.08 Å². The lowest BCUT2D eigenvalue weighted by atomic mass is 10.2. The molecule has 0 radical (unpaired) electrons. The van der Waals surface area contributed by atoms with E-state index in [4.69, 9.17) is 5.11 Å². The topological polar surface area (TPSA) is 49.3 Å². The van der Waals surface area contributed by atoms with Crippen LogP contribution in [-0.4, -0.2) is 17.1 Å². The summed E-state index contributed by atoms with van der Waals surface area (Å²) in [5.41, 5.74) is 1.04. The first-order chi connectivity index (χ1) is 6.70. The number of benzene rings is 1. The van der Waals surface area contributed by atoms with Crippen LogP contribution in [-0.2, 0) is 4.79 Å². The SMILES string of the molecule is C[C@@H](N/C=C/c1ccccc1)C(=O)O. The van der Waals surface area contributed by atoms with Gasteiger partial charge >= 0.3 is 5.97 Å². The third-order valence-corrected chi connectivity index (χ3v) is 1.79. The van der Waals surface area contributed by atoms with Crippen molar-refractivity contribution in [3.8, 4) is 0 Å². The molecule has 1 atom stereocenters. The monoisotopic (exact) mass is 191 g/mol. The Kier molecular flexibility index (Phi) is 3.73. The summed E-state index contributed by atoms with van der Waals surface area (Å²) in [5.74, 6) is -0.859. The lowest BCUT2D eigenvalue weighted by Crippen LogP contribution is -2.29. The molecule has 0 spiro atoms. The summed E-state index contributed by atoms with van der Waals surface area (Å²) in [6.07, 6.45) is 3.48. The average molecular weight is 191 g/mol. The van der Waals surface area contributed by atoms with Crippen molar-refractivity contribution in [2.75, 3.05) is 0 Å². The predicted molar refractivity (Wildman–Crippen MR) is 55.7 cm³/mol. The van der Waals surface area contributed by atoms with Crippen LogP contribution in [0, 0.1) is 0 Å². The second-order valence-corrected chi connectivity index (χ2v) is 2.97. The molecule has 1 aromatic carbocycles. The van der Waals surface area contributed by atoms with Crippen LogP contribution in [0.15, 0.2) is 36.5 Å². The molecule has 0 saturated heterocycles. The van der Waals surface area contributed by atoms with Gasteiger partial charge in [-0.2, -0.15) is 0 Å². The highest BCUT2D eigenvalue weighted by Crippen LogP contribution is 1.99. The van der Waals surface area contributed by atoms with Crippen molar-refractivity contribution >= 4 is 12.0 Å². The summed E-state index contributed by atoms with van der Waals surface area (Å²) < 4.78 is 0. The number of hydrogen-bond acceptors (Lipinski definition) is 2. The van der Waals surface area contributed by atoms with Crippen molar-refractivity contribution in [1.82, 2.24) is 5.32 Å². The molecule has 0 bridgehead atoms. The minimum absolute atomic E-state index is 0.560. The second kappa shape index (κ2) is 5.07. The zero-order valence-corrected chi connectivity index (χ0v) is 7.97. The van der Waals surface area contributed by atoms with Gasteiger partial charge in [0, 0.05) is 0 Å². The number of hydrogen-bond donors (Lipinski definition) is 2. The summed E-state index contributed by atoms with van der Waals surface area (Å²) in [6, 6.07) is 9.13. The van der Waals surface area contributed by atoms with E-state index in [2.05, 4.69) is 5.32 Å². The molecule has 3 nitrogen and oxygen atoms in total. The molecule has 0 aliphatic rings. The van der Waals surface area contributed by atoms with Crippen LogP contribution in [0.1, 0.15) is 12.5 Å². The minimum Gasteiger partial charge on any atom is -0.480 e. The van der Waals surface area contributed by atoms with Gasteiger partial charge in [-0.05, 0) is 24.8 Å². The molecule has 0 aliphatic carbocycles. The maximum atomic E-state index is 10.4. The molecule has 1 aromatic rings. The van der Waals surface area contributed by atoms with Crippen LogP contribution in [0.4, 0.5) is 0 Å². The molecular weight excluding hydrogens is 178 g/mol. The van der Waals surface area contributed by atoms with Crippen LogP contribution in [0.3, 0.4) is 0 Å². The van der Waals surface area contributed by atoms with E-state index in [0.717, 1.165) is 5.56 Å². The number of carboxylic acid groups (broad SMARTS) is 1. The zero-order chi connectivity index (χ0) is 10.4. The molecule has 0 fully saturated rings. The van der Waals surface area contributed by atoms with Crippen LogP contribution in [0.5, 0.6) is 0 Å². The molecule has 2 N–H and O–H groups in total. The Morgan fingerprint density at radius 3 is 2.64 bits per heavy atom. The van der Waals surface area contributed by atoms with E-state index in [1.807, 2.05) is 36.4 Å². The Bertz CT molecular complexity index is 319. The van der Waals surface area contributed by atoms with Crippen molar-refractivity contribution in [3.05, 3.63) is 42.1 Å². The quantitative estimate of drug-likeness (QED) is 0.761. The van der Waals surface area contributed by atoms with Gasteiger partial charge in [-0.1, -0.05) is 30.3 Å². The highest BCUT2D eigenvalue weighted by Gasteiger charge is 2.05. The Hall–Kier alpha value is -1.77. The molecular formula is C11H13NO2. The number of carbonyl (C=O) groups is 1. The van der Waals surface area contributed by atoms with E-state index >= 15 is 0 Å². The molecule has 74 valence electrons. The van der Waals surface area contributed by atoms with Crippen LogP contribution >= 0.6 is 0 Å². The summed E-state index contributed by atoms with van der Waals surface area (Å²) in [6.45, 7) is 1.59. The van der Waals surface area contributed by atoms with Gasteiger partial charge in [0.15, 0.2) is 0 Å². The second-order valence-electron chi connectivity index (χ2n) is 2.97. The van der Waals surface area contributed by atoms with Crippen molar-refractivity contribution in [3.63, 3.8) is 0 Å². The molecule has 3 heteroatoms. The summed E-state index contributed by atoms with van der Waals surface area (Å²) in [4.78, 5) is 10.4. The number of nitrogens with one attached hydrogen (secondary N) is 1. The van der Waals surface area contributed by atoms with Gasteiger partial charge in [0.05, 0.1) is 0 Å². The van der Waals surface area contributed by atoms with Gasteiger partial charge < -0.3 is 10.4 Å². The highest BCUT2D eigenvalue weighted by molar-refractivity contribution is 5.73. The third-order valence-electron chi connectivity index (χ3n) is 1.79. The standard InChI is InChI=1S/C11H13NO2/c1-9(11(13)14)12-8-7-10-5-3-2-4-6-10/h2-9,12H,1H3,(H,13,14)/b8-7+/t9-/m1/s1. The third kappa shape index (κ3) is 3.31. The average Bonchev–Trinajstić information content (AvgIpc) is 2.19. The van der Waals surface area contributed by atoms with Gasteiger partial charge in [0.1, 0.15) is 6.04 Å². The first-order valence-corrected chi connectivity index (χ1v) is 4.40. The normalized spacial score (nSPS) is 12.6. The fourth-order valence-electron chi connectivity index (χ4n) is 0.924. The lowest BCUT2D eigenvalue weighted by Gasteiger charge is -2.04. The highest BCUT2D eigenvalue weighted by atomic mass is 16.4. The maximum absolute atomic E-state index is 10.4. The predicted octanol–water partition coefficient (Wildman–Crippen LogP) is 1.72. The summed E-state index contributed by atoms with van der Waals surface area (Å²) in [5, 5.41) is 11.3. The largest absolute Gasteiger partial charge is 0.480 e. The van der Waals surface area contributed by atoms with Gasteiger partial charge in [-0.3, -0.25) is 4.79 Å². The van der Waals surface area contributed by atoms with E-state index in [1.165, 1.54) is 0 Å². The fraction of sp³-hybridized carbons (Fsp3) is 0.182. The van der Waals surface area contributed by atoms with Gasteiger partial charge in [-0.25, -0.2) is 0 Å². The molecule has 0 aliphatic heterocycles. The maximum Gasteiger partial charge on any atom is 0.325 e. The molecule has 1 rings (SSSR count). The first-order valence-electron chi connectivity index (χ1n) is 4.40. The summed E-state index contributed by atoms with van der Waals surface area (Å²) in [7, 11) is 0. The van der Waals surface area contributed by atoms with E-state index in [0.29, 0.717) is 0 Å². The number of aliphatic carboxylic acids is 1. The fourth-order valence-corrected chi connectivity index (χ4v) is 0.924.